The van der Waals surface area contributed by atoms with Crippen LogP contribution in [0.4, 0.5) is 0 Å². The summed E-state index contributed by atoms with van der Waals surface area (Å²) >= 11 is 5.93. The molecule has 0 bridgehead atoms. The Balaban J connectivity index is 1.50. The molecule has 1 aliphatic rings. The number of benzene rings is 2. The number of fused-ring (bicyclic) bond motifs is 1. The van der Waals surface area contributed by atoms with Gasteiger partial charge in [-0.15, -0.1) is 5.10 Å². The number of hydrogen-bond donors (Lipinski definition) is 2. The Labute approximate surface area is 153 Å². The molecule has 26 heavy (non-hydrogen) atoms. The number of aliphatic imine (C=N–C) groups is 1. The van der Waals surface area contributed by atoms with Gasteiger partial charge in [0, 0.05) is 17.1 Å². The highest BCUT2D eigenvalue weighted by molar-refractivity contribution is 6.30. The van der Waals surface area contributed by atoms with Crippen molar-refractivity contribution >= 4 is 28.5 Å². The van der Waals surface area contributed by atoms with Gasteiger partial charge in [0.15, 0.2) is 5.82 Å². The number of nitrogens with zero attached hydrogens (tertiary/aromatic N) is 5. The van der Waals surface area contributed by atoms with E-state index in [4.69, 9.17) is 11.6 Å². The molecule has 5 rings (SSSR count). The highest BCUT2D eigenvalue weighted by Crippen LogP contribution is 2.21. The molecule has 0 fully saturated rings. The number of halogens is 1. The van der Waals surface area contributed by atoms with Gasteiger partial charge in [0.05, 0.1) is 29.5 Å². The van der Waals surface area contributed by atoms with E-state index in [1.165, 1.54) is 0 Å². The van der Waals surface area contributed by atoms with Gasteiger partial charge in [0.25, 0.3) is 0 Å². The molecule has 128 valence electrons. The molecule has 8 heteroatoms. The van der Waals surface area contributed by atoms with E-state index in [0.717, 1.165) is 41.2 Å². The molecule has 1 aliphatic heterocycles. The van der Waals surface area contributed by atoms with Gasteiger partial charge in [-0.3, -0.25) is 4.99 Å². The van der Waals surface area contributed by atoms with Crippen molar-refractivity contribution in [1.29, 1.82) is 0 Å². The maximum atomic E-state index is 5.93. The van der Waals surface area contributed by atoms with Crippen LogP contribution in [0.3, 0.4) is 0 Å². The summed E-state index contributed by atoms with van der Waals surface area (Å²) in [6.07, 6.45) is 1.84. The zero-order valence-corrected chi connectivity index (χ0v) is 14.4. The lowest BCUT2D eigenvalue weighted by molar-refractivity contribution is 0.803. The summed E-state index contributed by atoms with van der Waals surface area (Å²) in [7, 11) is 0. The van der Waals surface area contributed by atoms with E-state index in [1.54, 1.807) is 4.68 Å². The van der Waals surface area contributed by atoms with Gasteiger partial charge < -0.3 is 10.3 Å². The Hall–Kier alpha value is -3.19. The average molecular weight is 364 g/mol. The smallest absolute Gasteiger partial charge is 0.160 e. The van der Waals surface area contributed by atoms with E-state index < -0.39 is 0 Å². The van der Waals surface area contributed by atoms with E-state index in [1.807, 2.05) is 48.7 Å². The minimum Gasteiger partial charge on any atom is -0.368 e. The van der Waals surface area contributed by atoms with Crippen LogP contribution in [0.5, 0.6) is 0 Å². The van der Waals surface area contributed by atoms with Gasteiger partial charge in [-0.2, -0.15) is 0 Å². The van der Waals surface area contributed by atoms with Crippen LogP contribution in [-0.4, -0.2) is 43.9 Å². The Morgan fingerprint density at radius 2 is 1.96 bits per heavy atom. The summed E-state index contributed by atoms with van der Waals surface area (Å²) in [4.78, 5) is 12.4. The summed E-state index contributed by atoms with van der Waals surface area (Å²) in [5.41, 5.74) is 4.43. The maximum absolute atomic E-state index is 5.93. The van der Waals surface area contributed by atoms with Gasteiger partial charge in [-0.1, -0.05) is 16.8 Å². The quantitative estimate of drug-likeness (QED) is 0.586. The Morgan fingerprint density at radius 1 is 1.08 bits per heavy atom. The number of aromatic nitrogens is 5. The van der Waals surface area contributed by atoms with Crippen molar-refractivity contribution in [1.82, 2.24) is 30.3 Å². The van der Waals surface area contributed by atoms with E-state index >= 15 is 0 Å². The van der Waals surface area contributed by atoms with Crippen LogP contribution < -0.4 is 5.32 Å². The number of hydrogen-bond acceptors (Lipinski definition) is 5. The Morgan fingerprint density at radius 3 is 2.77 bits per heavy atom. The normalized spacial score (nSPS) is 13.8. The lowest BCUT2D eigenvalue weighted by Crippen LogP contribution is -2.19. The second-order valence-corrected chi connectivity index (χ2v) is 6.44. The third-order valence-corrected chi connectivity index (χ3v) is 4.51. The predicted molar refractivity (Wildman–Crippen MR) is 101 cm³/mol. The number of aromatic amines is 1. The third-order valence-electron chi connectivity index (χ3n) is 4.26. The molecular weight excluding hydrogens is 350 g/mol. The summed E-state index contributed by atoms with van der Waals surface area (Å²) in [6, 6.07) is 13.5. The topological polar surface area (TPSA) is 83.8 Å². The summed E-state index contributed by atoms with van der Waals surface area (Å²) in [6.45, 7) is 1.70. The molecule has 2 aromatic carbocycles. The number of rotatable bonds is 3. The third kappa shape index (κ3) is 2.62. The number of nitrogens with one attached hydrogen (secondary N) is 2. The zero-order valence-electron chi connectivity index (χ0n) is 13.6. The molecule has 0 saturated carbocycles. The first-order valence-electron chi connectivity index (χ1n) is 8.23. The minimum absolute atomic E-state index is 0.675. The number of amidine groups is 1. The molecule has 0 unspecified atom stereocenters. The molecule has 0 saturated heterocycles. The van der Waals surface area contributed by atoms with Crippen molar-refractivity contribution in [2.24, 2.45) is 4.99 Å². The molecule has 4 aromatic rings. The molecule has 3 heterocycles. The number of H-pyrrole nitrogens is 1. The van der Waals surface area contributed by atoms with Gasteiger partial charge >= 0.3 is 0 Å². The molecule has 0 radical (unpaired) electrons. The zero-order chi connectivity index (χ0) is 17.5. The monoisotopic (exact) mass is 363 g/mol. The van der Waals surface area contributed by atoms with Gasteiger partial charge in [0.2, 0.25) is 0 Å². The molecule has 0 amide bonds. The first kappa shape index (κ1) is 15.1. The van der Waals surface area contributed by atoms with E-state index in [-0.39, 0.29) is 0 Å². The standard InChI is InChI=1S/C18H14ClN7/c19-12-2-4-13(5-3-12)26-10-16(24-25-26)18-22-14-6-1-11(9-15(14)23-18)17-20-7-8-21-17/h1-6,9-10H,7-8H2,(H,20,21)(H,22,23). The van der Waals surface area contributed by atoms with Crippen molar-refractivity contribution in [3.63, 3.8) is 0 Å². The molecule has 2 N–H and O–H groups in total. The predicted octanol–water partition coefficient (Wildman–Crippen LogP) is 2.81. The van der Waals surface area contributed by atoms with E-state index in [9.17, 15) is 0 Å². The lowest BCUT2D eigenvalue weighted by atomic mass is 10.2. The lowest BCUT2D eigenvalue weighted by Gasteiger charge is -2.01. The maximum Gasteiger partial charge on any atom is 0.160 e. The highest BCUT2D eigenvalue weighted by Gasteiger charge is 2.13. The Kier molecular flexibility index (Phi) is 3.46. The van der Waals surface area contributed by atoms with E-state index in [0.29, 0.717) is 16.5 Å². The van der Waals surface area contributed by atoms with Crippen molar-refractivity contribution < 1.29 is 0 Å². The fourth-order valence-electron chi connectivity index (χ4n) is 2.96. The second-order valence-electron chi connectivity index (χ2n) is 6.00. The first-order valence-corrected chi connectivity index (χ1v) is 8.61. The fraction of sp³-hybridized carbons (Fsp3) is 0.111. The largest absolute Gasteiger partial charge is 0.368 e. The molecule has 0 atom stereocenters. The summed E-state index contributed by atoms with van der Waals surface area (Å²) in [5, 5.41) is 12.4. The van der Waals surface area contributed by atoms with Gasteiger partial charge in [-0.05, 0) is 42.5 Å². The Bertz CT molecular complexity index is 1120. The van der Waals surface area contributed by atoms with Crippen molar-refractivity contribution in [3.05, 3.63) is 59.2 Å². The molecular formula is C18H14ClN7. The molecule has 2 aromatic heterocycles. The van der Waals surface area contributed by atoms with Crippen LogP contribution in [0, 0.1) is 0 Å². The molecule has 7 nitrogen and oxygen atoms in total. The van der Waals surface area contributed by atoms with Crippen LogP contribution in [0.15, 0.2) is 53.7 Å². The summed E-state index contributed by atoms with van der Waals surface area (Å²) < 4.78 is 1.70. The van der Waals surface area contributed by atoms with Crippen LogP contribution in [0.1, 0.15) is 5.56 Å². The highest BCUT2D eigenvalue weighted by atomic mass is 35.5. The van der Waals surface area contributed by atoms with Gasteiger partial charge in [0.1, 0.15) is 11.5 Å². The van der Waals surface area contributed by atoms with Crippen LogP contribution in [-0.2, 0) is 0 Å². The van der Waals surface area contributed by atoms with Crippen LogP contribution in [0.25, 0.3) is 28.2 Å². The van der Waals surface area contributed by atoms with Crippen molar-refractivity contribution in [2.45, 2.75) is 0 Å². The van der Waals surface area contributed by atoms with E-state index in [2.05, 4.69) is 30.6 Å². The minimum atomic E-state index is 0.675. The van der Waals surface area contributed by atoms with Gasteiger partial charge in [-0.25, -0.2) is 9.67 Å². The molecule has 0 aliphatic carbocycles. The average Bonchev–Trinajstić information content (AvgIpc) is 3.40. The van der Waals surface area contributed by atoms with Crippen LogP contribution >= 0.6 is 11.6 Å². The fourth-order valence-corrected chi connectivity index (χ4v) is 3.09. The summed E-state index contributed by atoms with van der Waals surface area (Å²) in [5.74, 6) is 1.61. The SMILES string of the molecule is Clc1ccc(-n2cc(-c3nc4ccc(C5=NCCN5)cc4[nH]3)nn2)cc1. The second kappa shape index (κ2) is 5.96. The number of imidazole rings is 1. The van der Waals surface area contributed by atoms with Crippen molar-refractivity contribution in [3.8, 4) is 17.2 Å². The van der Waals surface area contributed by atoms with Crippen molar-refractivity contribution in [2.75, 3.05) is 13.1 Å². The first-order chi connectivity index (χ1) is 12.8. The molecule has 0 spiro atoms. The van der Waals surface area contributed by atoms with Crippen LogP contribution in [0.2, 0.25) is 5.02 Å².